The second kappa shape index (κ2) is 5.06. The Hall–Kier alpha value is -0.430. The van der Waals surface area contributed by atoms with Crippen molar-refractivity contribution in [2.75, 3.05) is 13.1 Å². The lowest BCUT2D eigenvalue weighted by Crippen LogP contribution is -2.30. The minimum Gasteiger partial charge on any atom is -0.392 e. The summed E-state index contributed by atoms with van der Waals surface area (Å²) in [7, 11) is -3.30. The molecule has 0 bridgehead atoms. The fraction of sp³-hybridized carbons (Fsp3) is 0.455. The van der Waals surface area contributed by atoms with Gasteiger partial charge in [0.1, 0.15) is 0 Å². The molecule has 0 spiro atoms. The van der Waals surface area contributed by atoms with E-state index in [9.17, 15) is 13.5 Å². The van der Waals surface area contributed by atoms with E-state index in [1.807, 2.05) is 12.1 Å². The Kier molecular flexibility index (Phi) is 3.87. The highest BCUT2D eigenvalue weighted by Crippen LogP contribution is 2.18. The number of nitrogens with zero attached hydrogens (tertiary/aromatic N) is 1. The molecule has 0 aromatic heterocycles. The molecule has 1 saturated heterocycles. The third-order valence-electron chi connectivity index (χ3n) is 2.78. The standard InChI is InChI=1S/C11H14BrNO3S/c12-10-3-1-9(2-4-10)8-17(15,16)13-6-5-11(14)7-13/h1-4,11,14H,5-8H2/t11-/m1/s1. The number of aliphatic hydroxyl groups is 1. The van der Waals surface area contributed by atoms with Crippen molar-refractivity contribution in [2.24, 2.45) is 0 Å². The van der Waals surface area contributed by atoms with Crippen molar-refractivity contribution in [1.29, 1.82) is 0 Å². The van der Waals surface area contributed by atoms with Gasteiger partial charge in [-0.05, 0) is 24.1 Å². The molecule has 1 aromatic rings. The zero-order chi connectivity index (χ0) is 12.5. The first-order chi connectivity index (χ1) is 7.97. The van der Waals surface area contributed by atoms with Crippen LogP contribution in [0.15, 0.2) is 28.7 Å². The van der Waals surface area contributed by atoms with Gasteiger partial charge in [-0.2, -0.15) is 4.31 Å². The monoisotopic (exact) mass is 319 g/mol. The summed E-state index contributed by atoms with van der Waals surface area (Å²) in [6.07, 6.45) is 0.00855. The maximum absolute atomic E-state index is 12.0. The summed E-state index contributed by atoms with van der Waals surface area (Å²) in [5.41, 5.74) is 0.759. The predicted octanol–water partition coefficient (Wildman–Crippen LogP) is 1.35. The van der Waals surface area contributed by atoms with E-state index < -0.39 is 16.1 Å². The van der Waals surface area contributed by atoms with Crippen LogP contribution in [0.2, 0.25) is 0 Å². The highest BCUT2D eigenvalue weighted by atomic mass is 79.9. The van der Waals surface area contributed by atoms with Gasteiger partial charge in [0.15, 0.2) is 0 Å². The molecule has 0 saturated carbocycles. The first-order valence-electron chi connectivity index (χ1n) is 5.38. The number of hydrogen-bond acceptors (Lipinski definition) is 3. The summed E-state index contributed by atoms with van der Waals surface area (Å²) in [5.74, 6) is -0.00694. The molecule has 17 heavy (non-hydrogen) atoms. The molecule has 1 fully saturated rings. The Morgan fingerprint density at radius 1 is 1.35 bits per heavy atom. The third-order valence-corrected chi connectivity index (χ3v) is 5.13. The summed E-state index contributed by atoms with van der Waals surface area (Å²) in [6, 6.07) is 7.22. The first-order valence-corrected chi connectivity index (χ1v) is 7.78. The number of benzene rings is 1. The molecule has 0 unspecified atom stereocenters. The number of rotatable bonds is 3. The van der Waals surface area contributed by atoms with Gasteiger partial charge in [0.25, 0.3) is 0 Å². The van der Waals surface area contributed by atoms with Gasteiger partial charge < -0.3 is 5.11 Å². The maximum Gasteiger partial charge on any atom is 0.218 e. The number of halogens is 1. The fourth-order valence-electron chi connectivity index (χ4n) is 1.85. The Balaban J connectivity index is 2.09. The molecule has 1 aliphatic heterocycles. The van der Waals surface area contributed by atoms with Crippen molar-refractivity contribution in [1.82, 2.24) is 4.31 Å². The molecule has 94 valence electrons. The number of sulfonamides is 1. The van der Waals surface area contributed by atoms with Crippen molar-refractivity contribution in [3.8, 4) is 0 Å². The van der Waals surface area contributed by atoms with Gasteiger partial charge in [0.2, 0.25) is 10.0 Å². The van der Waals surface area contributed by atoms with Crippen molar-refractivity contribution >= 4 is 26.0 Å². The van der Waals surface area contributed by atoms with E-state index in [-0.39, 0.29) is 12.3 Å². The van der Waals surface area contributed by atoms with Crippen LogP contribution >= 0.6 is 15.9 Å². The smallest absolute Gasteiger partial charge is 0.218 e. The molecular formula is C11H14BrNO3S. The van der Waals surface area contributed by atoms with Gasteiger partial charge in [-0.1, -0.05) is 28.1 Å². The van der Waals surface area contributed by atoms with E-state index in [0.29, 0.717) is 13.0 Å². The maximum atomic E-state index is 12.0. The Labute approximate surface area is 109 Å². The highest BCUT2D eigenvalue weighted by molar-refractivity contribution is 9.10. The second-order valence-corrected chi connectivity index (χ2v) is 7.07. The minimum atomic E-state index is -3.30. The van der Waals surface area contributed by atoms with Crippen LogP contribution in [0.5, 0.6) is 0 Å². The van der Waals surface area contributed by atoms with Gasteiger partial charge >= 0.3 is 0 Å². The van der Waals surface area contributed by atoms with Crippen LogP contribution < -0.4 is 0 Å². The van der Waals surface area contributed by atoms with Gasteiger partial charge in [0, 0.05) is 17.6 Å². The topological polar surface area (TPSA) is 57.6 Å². The summed E-state index contributed by atoms with van der Waals surface area (Å²) in [6.45, 7) is 0.638. The molecule has 2 rings (SSSR count). The zero-order valence-corrected chi connectivity index (χ0v) is 11.6. The third kappa shape index (κ3) is 3.28. The van der Waals surface area contributed by atoms with Crippen LogP contribution in [0.4, 0.5) is 0 Å². The quantitative estimate of drug-likeness (QED) is 0.914. The largest absolute Gasteiger partial charge is 0.392 e. The summed E-state index contributed by atoms with van der Waals surface area (Å²) in [5, 5.41) is 9.35. The lowest BCUT2D eigenvalue weighted by Gasteiger charge is -2.15. The summed E-state index contributed by atoms with van der Waals surface area (Å²) in [4.78, 5) is 0. The normalized spacial score (nSPS) is 21.9. The van der Waals surface area contributed by atoms with E-state index in [1.54, 1.807) is 12.1 Å². The van der Waals surface area contributed by atoms with Gasteiger partial charge in [-0.25, -0.2) is 8.42 Å². The molecule has 6 heteroatoms. The van der Waals surface area contributed by atoms with E-state index in [1.165, 1.54) is 4.31 Å². The average molecular weight is 320 g/mol. The van der Waals surface area contributed by atoms with Crippen LogP contribution in [0.25, 0.3) is 0 Å². The van der Waals surface area contributed by atoms with Crippen molar-refractivity contribution < 1.29 is 13.5 Å². The van der Waals surface area contributed by atoms with Crippen LogP contribution in [0, 0.1) is 0 Å². The molecular weight excluding hydrogens is 306 g/mol. The molecule has 1 N–H and O–H groups in total. The Morgan fingerprint density at radius 3 is 2.53 bits per heavy atom. The SMILES string of the molecule is O=S(=O)(Cc1ccc(Br)cc1)N1CC[C@@H](O)C1. The molecule has 1 aliphatic rings. The number of hydrogen-bond donors (Lipinski definition) is 1. The minimum absolute atomic E-state index is 0.00694. The Morgan fingerprint density at radius 2 is 2.00 bits per heavy atom. The van der Waals surface area contributed by atoms with E-state index >= 15 is 0 Å². The molecule has 4 nitrogen and oxygen atoms in total. The van der Waals surface area contributed by atoms with Crippen LogP contribution in [-0.4, -0.2) is 37.0 Å². The van der Waals surface area contributed by atoms with Crippen molar-refractivity contribution in [3.05, 3.63) is 34.3 Å². The molecule has 0 radical (unpaired) electrons. The molecule has 1 aromatic carbocycles. The van der Waals surface area contributed by atoms with Crippen LogP contribution in [0.3, 0.4) is 0 Å². The molecule has 1 atom stereocenters. The van der Waals surface area contributed by atoms with Crippen LogP contribution in [-0.2, 0) is 15.8 Å². The number of aliphatic hydroxyl groups excluding tert-OH is 1. The predicted molar refractivity (Wildman–Crippen MR) is 69.0 cm³/mol. The summed E-state index contributed by atoms with van der Waals surface area (Å²) >= 11 is 3.31. The highest BCUT2D eigenvalue weighted by Gasteiger charge is 2.30. The molecule has 0 aliphatic carbocycles. The second-order valence-electron chi connectivity index (χ2n) is 4.18. The van der Waals surface area contributed by atoms with Gasteiger partial charge in [-0.15, -0.1) is 0 Å². The fourth-order valence-corrected chi connectivity index (χ4v) is 3.69. The lowest BCUT2D eigenvalue weighted by molar-refractivity contribution is 0.189. The average Bonchev–Trinajstić information content (AvgIpc) is 2.69. The first kappa shape index (κ1) is 13.0. The van der Waals surface area contributed by atoms with Crippen molar-refractivity contribution in [2.45, 2.75) is 18.3 Å². The number of β-amino-alcohol motifs (C(OH)–C–C–N with tert-alkyl or cyclic N) is 1. The van der Waals surface area contributed by atoms with Crippen LogP contribution in [0.1, 0.15) is 12.0 Å². The van der Waals surface area contributed by atoms with Crippen molar-refractivity contribution in [3.63, 3.8) is 0 Å². The van der Waals surface area contributed by atoms with E-state index in [2.05, 4.69) is 15.9 Å². The van der Waals surface area contributed by atoms with E-state index in [4.69, 9.17) is 0 Å². The van der Waals surface area contributed by atoms with Gasteiger partial charge in [0.05, 0.1) is 11.9 Å². The zero-order valence-electron chi connectivity index (χ0n) is 9.21. The van der Waals surface area contributed by atoms with Gasteiger partial charge in [-0.3, -0.25) is 0 Å². The van der Waals surface area contributed by atoms with E-state index in [0.717, 1.165) is 10.0 Å². The lowest BCUT2D eigenvalue weighted by atomic mass is 10.2. The summed E-state index contributed by atoms with van der Waals surface area (Å²) < 4.78 is 26.4. The molecule has 0 amide bonds. The Bertz CT molecular complexity index is 486. The molecule has 1 heterocycles.